The second-order valence-corrected chi connectivity index (χ2v) is 16.2. The summed E-state index contributed by atoms with van der Waals surface area (Å²) in [6.07, 6.45) is 1.88. The largest absolute Gasteiger partial charge is 0.489 e. The van der Waals surface area contributed by atoms with Gasteiger partial charge in [0.1, 0.15) is 29.9 Å². The van der Waals surface area contributed by atoms with Crippen molar-refractivity contribution in [1.82, 2.24) is 56.7 Å². The maximum Gasteiger partial charge on any atom is 0.296 e. The average Bonchev–Trinajstić information content (AvgIpc) is 4.09. The SMILES string of the molecule is Cc1ccc(CN2NN=C3C(=NCCN)NC(SCc4cn(CCOCCNC(=O)C#Cc5ccc(Cc6nc(C(=O)N[C@H]7COc8ccccc8N(C)C7=O)n[nH]6)cc5)nn4)=NC32)cc1. The summed E-state index contributed by atoms with van der Waals surface area (Å²) in [5.74, 6) is 6.21. The number of aliphatic imine (C=N–C) groups is 2. The molecular weight excluding hydrogens is 865 g/mol. The molecule has 3 aliphatic rings. The number of hydrogen-bond acceptors (Lipinski definition) is 16. The lowest BCUT2D eigenvalue weighted by Gasteiger charge is -2.26. The van der Waals surface area contributed by atoms with Crippen LogP contribution in [0.1, 0.15) is 44.4 Å². The minimum absolute atomic E-state index is 0.0268. The molecule has 8 rings (SSSR count). The van der Waals surface area contributed by atoms with Crippen molar-refractivity contribution in [3.63, 3.8) is 0 Å². The molecule has 66 heavy (non-hydrogen) atoms. The third-order valence-corrected chi connectivity index (χ3v) is 11.2. The van der Waals surface area contributed by atoms with Crippen LogP contribution in [0.2, 0.25) is 0 Å². The molecule has 2 atom stereocenters. The molecule has 5 aromatic rings. The minimum atomic E-state index is -0.915. The molecule has 3 aliphatic heterocycles. The number of H-pyrrole nitrogens is 1. The Hall–Kier alpha value is -7.45. The zero-order valence-corrected chi connectivity index (χ0v) is 37.0. The minimum Gasteiger partial charge on any atom is -0.489 e. The molecule has 22 heteroatoms. The number of hydrazine groups is 1. The van der Waals surface area contributed by atoms with E-state index in [1.54, 1.807) is 36.0 Å². The predicted octanol–water partition coefficient (Wildman–Crippen LogP) is 0.886. The second kappa shape index (κ2) is 21.5. The van der Waals surface area contributed by atoms with Gasteiger partial charge in [-0.15, -0.1) is 10.2 Å². The first-order valence-electron chi connectivity index (χ1n) is 21.1. The van der Waals surface area contributed by atoms with Crippen molar-refractivity contribution in [1.29, 1.82) is 0 Å². The summed E-state index contributed by atoms with van der Waals surface area (Å²) >= 11 is 1.50. The zero-order chi connectivity index (χ0) is 45.8. The third kappa shape index (κ3) is 11.6. The fraction of sp³-hybridized carbons (Fsp3) is 0.318. The molecule has 0 saturated heterocycles. The predicted molar refractivity (Wildman–Crippen MR) is 247 cm³/mol. The topological polar surface area (TPSA) is 260 Å². The Morgan fingerprint density at radius 3 is 2.73 bits per heavy atom. The number of nitrogens with one attached hydrogen (secondary N) is 5. The maximum atomic E-state index is 13.0. The molecule has 7 N–H and O–H groups in total. The van der Waals surface area contributed by atoms with Crippen molar-refractivity contribution in [3.8, 4) is 17.6 Å². The average molecular weight is 913 g/mol. The van der Waals surface area contributed by atoms with Crippen molar-refractivity contribution >= 4 is 51.9 Å². The lowest BCUT2D eigenvalue weighted by atomic mass is 10.1. The number of para-hydroxylation sites is 2. The van der Waals surface area contributed by atoms with E-state index in [-0.39, 0.29) is 31.0 Å². The number of aromatic amines is 1. The van der Waals surface area contributed by atoms with Gasteiger partial charge in [-0.1, -0.05) is 77.0 Å². The number of benzene rings is 3. The number of carbonyl (C=O) groups excluding carboxylic acids is 3. The first kappa shape index (κ1) is 45.1. The highest BCUT2D eigenvalue weighted by molar-refractivity contribution is 8.13. The first-order valence-corrected chi connectivity index (χ1v) is 22.1. The van der Waals surface area contributed by atoms with Crippen molar-refractivity contribution in [2.24, 2.45) is 20.8 Å². The van der Waals surface area contributed by atoms with Crippen LogP contribution in [0.4, 0.5) is 5.69 Å². The lowest BCUT2D eigenvalue weighted by molar-refractivity contribution is -0.120. The van der Waals surface area contributed by atoms with Crippen LogP contribution in [-0.4, -0.2) is 128 Å². The van der Waals surface area contributed by atoms with Crippen molar-refractivity contribution in [3.05, 3.63) is 119 Å². The summed E-state index contributed by atoms with van der Waals surface area (Å²) in [6, 6.07) is 21.9. The van der Waals surface area contributed by atoms with Crippen LogP contribution >= 0.6 is 11.8 Å². The highest BCUT2D eigenvalue weighted by Gasteiger charge is 2.37. The number of aromatic nitrogens is 6. The molecule has 340 valence electrons. The van der Waals surface area contributed by atoms with E-state index in [2.05, 4.69) is 100 Å². The second-order valence-electron chi connectivity index (χ2n) is 15.2. The number of ether oxygens (including phenoxy) is 2. The standard InChI is InChI=1S/C44H48N16O5S/c1-28-7-9-31(10-8-28)24-60-41-38(54-57-60)39(47-18-17-45)50-44(51-41)66-27-32-25-59(56-52-32)20-22-64-21-19-46-37(61)16-15-29-11-13-30(14-12-29)23-36-49-40(55-53-36)42(62)48-33-26-65-35-6-4-3-5-34(35)58(2)43(33)63/h3-14,25,33,41,57H,17-24,26-27,45H2,1-2H3,(H,46,61)(H,48,62)(H,47,50,51)(H,49,53,55)/t33-,41?/m0/s1. The zero-order valence-electron chi connectivity index (χ0n) is 36.2. The van der Waals surface area contributed by atoms with E-state index in [9.17, 15) is 14.4 Å². The Bertz CT molecular complexity index is 2690. The van der Waals surface area contributed by atoms with E-state index >= 15 is 0 Å². The van der Waals surface area contributed by atoms with Gasteiger partial charge in [0.15, 0.2) is 17.2 Å². The van der Waals surface area contributed by atoms with E-state index in [0.717, 1.165) is 16.8 Å². The van der Waals surface area contributed by atoms with Gasteiger partial charge in [-0.25, -0.2) is 20.2 Å². The molecule has 0 saturated carbocycles. The molecule has 3 aromatic carbocycles. The fourth-order valence-electron chi connectivity index (χ4n) is 6.86. The Morgan fingerprint density at radius 1 is 1.08 bits per heavy atom. The molecule has 2 aromatic heterocycles. The lowest BCUT2D eigenvalue weighted by Crippen LogP contribution is -2.50. The maximum absolute atomic E-state index is 13.0. The molecule has 21 nitrogen and oxygen atoms in total. The van der Waals surface area contributed by atoms with Gasteiger partial charge in [0, 0.05) is 56.5 Å². The number of nitrogens with two attached hydrogens (primary N) is 1. The molecular formula is C44H48N16O5S. The number of aryl methyl sites for hydroxylation is 1. The van der Waals surface area contributed by atoms with E-state index in [1.165, 1.54) is 22.2 Å². The summed E-state index contributed by atoms with van der Waals surface area (Å²) in [5, 5.41) is 31.3. The molecule has 0 fully saturated rings. The number of thioether (sulfide) groups is 1. The number of nitrogens with zero attached hydrogens (tertiary/aromatic N) is 10. The van der Waals surface area contributed by atoms with Gasteiger partial charge in [0.25, 0.3) is 17.7 Å². The number of amides is 3. The van der Waals surface area contributed by atoms with Crippen LogP contribution in [0.3, 0.4) is 0 Å². The highest BCUT2D eigenvalue weighted by Crippen LogP contribution is 2.30. The summed E-state index contributed by atoms with van der Waals surface area (Å²) < 4.78 is 13.2. The summed E-state index contributed by atoms with van der Waals surface area (Å²) in [5.41, 5.74) is 14.8. The number of fused-ring (bicyclic) bond motifs is 2. The number of carbonyl (C=O) groups is 3. The van der Waals surface area contributed by atoms with Gasteiger partial charge in [0.05, 0.1) is 37.7 Å². The summed E-state index contributed by atoms with van der Waals surface area (Å²) in [6.45, 7) is 4.96. The third-order valence-electron chi connectivity index (χ3n) is 10.3. The van der Waals surface area contributed by atoms with E-state index in [0.29, 0.717) is 91.1 Å². The van der Waals surface area contributed by atoms with Crippen molar-refractivity contribution in [2.75, 3.05) is 51.4 Å². The number of amidine groups is 2. The smallest absolute Gasteiger partial charge is 0.296 e. The number of rotatable bonds is 16. The van der Waals surface area contributed by atoms with Gasteiger partial charge < -0.3 is 36.1 Å². The normalized spacial score (nSPS) is 17.2. The molecule has 0 radical (unpaired) electrons. The van der Waals surface area contributed by atoms with Gasteiger partial charge in [-0.2, -0.15) is 10.1 Å². The van der Waals surface area contributed by atoms with Crippen LogP contribution in [0.15, 0.2) is 94.1 Å². The first-order chi connectivity index (χ1) is 32.2. The quantitative estimate of drug-likeness (QED) is 0.0594. The highest BCUT2D eigenvalue weighted by atomic mass is 32.2. The molecule has 0 bridgehead atoms. The van der Waals surface area contributed by atoms with Crippen LogP contribution in [0.5, 0.6) is 5.75 Å². The molecule has 3 amide bonds. The molecule has 0 aliphatic carbocycles. The van der Waals surface area contributed by atoms with Crippen LogP contribution < -0.4 is 36.9 Å². The van der Waals surface area contributed by atoms with Crippen LogP contribution in [0, 0.1) is 18.8 Å². The van der Waals surface area contributed by atoms with Gasteiger partial charge in [-0.05, 0) is 42.3 Å². The Balaban J connectivity index is 0.722. The van der Waals surface area contributed by atoms with Crippen molar-refractivity contribution < 1.29 is 23.9 Å². The number of hydrazone groups is 1. The number of anilines is 1. The summed E-state index contributed by atoms with van der Waals surface area (Å²) in [7, 11) is 1.63. The molecule has 0 spiro atoms. The Kier molecular flexibility index (Phi) is 14.7. The van der Waals surface area contributed by atoms with Crippen LogP contribution in [-0.2, 0) is 39.6 Å². The Labute approximate surface area is 384 Å². The fourth-order valence-corrected chi connectivity index (χ4v) is 7.62. The number of hydrogen-bond donors (Lipinski definition) is 6. The number of likely N-dealkylation sites (N-methyl/N-ethyl adjacent to an activating group) is 1. The van der Waals surface area contributed by atoms with Gasteiger partial charge in [0.2, 0.25) is 5.82 Å². The van der Waals surface area contributed by atoms with Crippen molar-refractivity contribution in [2.45, 2.75) is 44.4 Å². The summed E-state index contributed by atoms with van der Waals surface area (Å²) in [4.78, 5) is 53.6. The van der Waals surface area contributed by atoms with Gasteiger partial charge in [-0.3, -0.25) is 24.5 Å². The van der Waals surface area contributed by atoms with Gasteiger partial charge >= 0.3 is 0 Å². The van der Waals surface area contributed by atoms with E-state index < -0.39 is 17.9 Å². The molecule has 5 heterocycles. The van der Waals surface area contributed by atoms with E-state index in [1.807, 2.05) is 35.5 Å². The van der Waals surface area contributed by atoms with Crippen LogP contribution in [0.25, 0.3) is 0 Å². The monoisotopic (exact) mass is 912 g/mol. The van der Waals surface area contributed by atoms with E-state index in [4.69, 9.17) is 20.2 Å². The molecule has 1 unspecified atom stereocenters. The Morgan fingerprint density at radius 2 is 1.89 bits per heavy atom.